The molecule has 8 heteroatoms. The summed E-state index contributed by atoms with van der Waals surface area (Å²) in [6.07, 6.45) is -2.61. The van der Waals surface area contributed by atoms with E-state index in [4.69, 9.17) is 4.74 Å². The van der Waals surface area contributed by atoms with Crippen LogP contribution in [0.3, 0.4) is 0 Å². The van der Waals surface area contributed by atoms with Crippen LogP contribution < -0.4 is 4.74 Å². The molecule has 0 aliphatic rings. The highest BCUT2D eigenvalue weighted by Crippen LogP contribution is 2.42. The topological polar surface area (TPSA) is 39.2 Å². The molecular formula is C30H18F5NO2. The number of benzene rings is 4. The zero-order valence-electron chi connectivity index (χ0n) is 19.6. The summed E-state index contributed by atoms with van der Waals surface area (Å²) in [4.78, 5) is 15.9. The van der Waals surface area contributed by atoms with E-state index in [1.54, 1.807) is 54.6 Å². The molecule has 1 heterocycles. The molecule has 0 aliphatic heterocycles. The Morgan fingerprint density at radius 3 is 2.37 bits per heavy atom. The lowest BCUT2D eigenvalue weighted by atomic mass is 9.90. The number of nitrogens with zero attached hydrogens (tertiary/aromatic N) is 1. The highest BCUT2D eigenvalue weighted by Gasteiger charge is 2.34. The van der Waals surface area contributed by atoms with E-state index in [2.05, 4.69) is 4.98 Å². The SMILES string of the molecule is O=Cc1ccccc1-c1cnc2c(C(F)(F)F)cccc2c1-c1cccc(OCc2ccc(F)c(F)c2)c1. The van der Waals surface area contributed by atoms with Gasteiger partial charge in [-0.15, -0.1) is 0 Å². The number of hydrogen-bond acceptors (Lipinski definition) is 3. The molecule has 3 nitrogen and oxygen atoms in total. The number of fused-ring (bicyclic) bond motifs is 1. The van der Waals surface area contributed by atoms with Crippen molar-refractivity contribution in [1.29, 1.82) is 0 Å². The van der Waals surface area contributed by atoms with E-state index in [-0.39, 0.29) is 17.5 Å². The summed E-state index contributed by atoms with van der Waals surface area (Å²) in [5.41, 5.74) is 1.60. The molecule has 0 bridgehead atoms. The average molecular weight is 519 g/mol. The molecule has 0 atom stereocenters. The molecule has 0 amide bonds. The number of pyridine rings is 1. The molecule has 38 heavy (non-hydrogen) atoms. The number of alkyl halides is 3. The summed E-state index contributed by atoms with van der Waals surface area (Å²) in [5.74, 6) is -1.61. The number of hydrogen-bond donors (Lipinski definition) is 0. The molecule has 0 fully saturated rings. The van der Waals surface area contributed by atoms with E-state index in [1.807, 2.05) is 0 Å². The van der Waals surface area contributed by atoms with Crippen molar-refractivity contribution in [3.63, 3.8) is 0 Å². The summed E-state index contributed by atoms with van der Waals surface area (Å²) in [6.45, 7) is -0.0587. The van der Waals surface area contributed by atoms with Gasteiger partial charge in [-0.3, -0.25) is 9.78 Å². The number of rotatable bonds is 6. The Balaban J connectivity index is 1.67. The molecule has 190 valence electrons. The van der Waals surface area contributed by atoms with Gasteiger partial charge in [0, 0.05) is 28.3 Å². The average Bonchev–Trinajstić information content (AvgIpc) is 2.92. The predicted molar refractivity (Wildman–Crippen MR) is 134 cm³/mol. The van der Waals surface area contributed by atoms with Crippen LogP contribution in [0.5, 0.6) is 5.75 Å². The molecule has 0 aliphatic carbocycles. The Morgan fingerprint density at radius 2 is 1.61 bits per heavy atom. The minimum absolute atomic E-state index is 0.0587. The van der Waals surface area contributed by atoms with Crippen molar-refractivity contribution in [2.24, 2.45) is 0 Å². The molecule has 0 N–H and O–H groups in total. The number of halogens is 5. The second-order valence-corrected chi connectivity index (χ2v) is 8.52. The fourth-order valence-electron chi connectivity index (χ4n) is 4.35. The summed E-state index contributed by atoms with van der Waals surface area (Å²) < 4.78 is 74.1. The number of ether oxygens (including phenoxy) is 1. The number of carbonyl (C=O) groups is 1. The minimum Gasteiger partial charge on any atom is -0.489 e. The van der Waals surface area contributed by atoms with Crippen LogP contribution >= 0.6 is 0 Å². The predicted octanol–water partition coefficient (Wildman–Crippen LogP) is 8.26. The molecule has 0 spiro atoms. The Hall–Kier alpha value is -4.59. The maximum atomic E-state index is 13.8. The van der Waals surface area contributed by atoms with Gasteiger partial charge in [-0.25, -0.2) is 8.78 Å². The van der Waals surface area contributed by atoms with Crippen LogP contribution in [0.2, 0.25) is 0 Å². The van der Waals surface area contributed by atoms with Gasteiger partial charge in [0.15, 0.2) is 17.9 Å². The van der Waals surface area contributed by atoms with E-state index in [9.17, 15) is 26.7 Å². The lowest BCUT2D eigenvalue weighted by molar-refractivity contribution is -0.136. The quantitative estimate of drug-likeness (QED) is 0.167. The number of aldehydes is 1. The van der Waals surface area contributed by atoms with Crippen molar-refractivity contribution in [1.82, 2.24) is 4.98 Å². The molecular weight excluding hydrogens is 501 g/mol. The van der Waals surface area contributed by atoms with Gasteiger partial charge in [-0.2, -0.15) is 13.2 Å². The standard InChI is InChI=1S/C30H18F5NO2/c31-26-12-11-18(13-27(26)32)17-38-21-7-3-6-19(14-21)28-23-9-4-10-25(30(33,34)35)29(23)36-15-24(28)22-8-2-1-5-20(22)16-37/h1-16H,17H2. The van der Waals surface area contributed by atoms with E-state index in [0.29, 0.717) is 45.4 Å². The van der Waals surface area contributed by atoms with Gasteiger partial charge in [0.25, 0.3) is 0 Å². The number of para-hydroxylation sites is 1. The van der Waals surface area contributed by atoms with Crippen molar-refractivity contribution in [2.45, 2.75) is 12.8 Å². The number of carbonyl (C=O) groups excluding carboxylic acids is 1. The zero-order chi connectivity index (χ0) is 26.9. The van der Waals surface area contributed by atoms with Crippen molar-refractivity contribution in [3.8, 4) is 28.0 Å². The van der Waals surface area contributed by atoms with Crippen LogP contribution in [0.1, 0.15) is 21.5 Å². The molecule has 5 rings (SSSR count). The minimum atomic E-state index is -4.62. The molecule has 0 saturated heterocycles. The highest BCUT2D eigenvalue weighted by molar-refractivity contribution is 6.05. The van der Waals surface area contributed by atoms with Gasteiger partial charge >= 0.3 is 6.18 Å². The van der Waals surface area contributed by atoms with E-state index >= 15 is 0 Å². The second-order valence-electron chi connectivity index (χ2n) is 8.52. The first kappa shape index (κ1) is 25.1. The number of aromatic nitrogens is 1. The summed E-state index contributed by atoms with van der Waals surface area (Å²) in [7, 11) is 0. The van der Waals surface area contributed by atoms with E-state index in [0.717, 1.165) is 18.2 Å². The molecule has 5 aromatic rings. The second kappa shape index (κ2) is 10.0. The van der Waals surface area contributed by atoms with Crippen LogP contribution in [0.25, 0.3) is 33.2 Å². The van der Waals surface area contributed by atoms with Crippen LogP contribution in [-0.2, 0) is 12.8 Å². The van der Waals surface area contributed by atoms with Crippen molar-refractivity contribution in [3.05, 3.63) is 119 Å². The van der Waals surface area contributed by atoms with Gasteiger partial charge in [0.2, 0.25) is 0 Å². The van der Waals surface area contributed by atoms with Gasteiger partial charge in [-0.05, 0) is 47.0 Å². The van der Waals surface area contributed by atoms with Crippen LogP contribution in [0.4, 0.5) is 22.0 Å². The fourth-order valence-corrected chi connectivity index (χ4v) is 4.35. The van der Waals surface area contributed by atoms with Gasteiger partial charge in [0.05, 0.1) is 11.1 Å². The molecule has 0 radical (unpaired) electrons. The smallest absolute Gasteiger partial charge is 0.418 e. The van der Waals surface area contributed by atoms with E-state index < -0.39 is 23.4 Å². The van der Waals surface area contributed by atoms with Crippen molar-refractivity contribution >= 4 is 17.2 Å². The molecule has 4 aromatic carbocycles. The molecule has 0 unspecified atom stereocenters. The Labute approximate surface area is 214 Å². The van der Waals surface area contributed by atoms with Crippen LogP contribution in [-0.4, -0.2) is 11.3 Å². The van der Waals surface area contributed by atoms with Crippen molar-refractivity contribution in [2.75, 3.05) is 0 Å². The Morgan fingerprint density at radius 1 is 0.816 bits per heavy atom. The first-order valence-electron chi connectivity index (χ1n) is 11.5. The normalized spacial score (nSPS) is 11.5. The summed E-state index contributed by atoms with van der Waals surface area (Å²) in [5, 5.41) is 0.246. The third-order valence-corrected chi connectivity index (χ3v) is 6.09. The lowest BCUT2D eigenvalue weighted by Crippen LogP contribution is -2.07. The lowest BCUT2D eigenvalue weighted by Gasteiger charge is -2.18. The largest absolute Gasteiger partial charge is 0.489 e. The van der Waals surface area contributed by atoms with Gasteiger partial charge in [-0.1, -0.05) is 54.6 Å². The van der Waals surface area contributed by atoms with Crippen molar-refractivity contribution < 1.29 is 31.5 Å². The zero-order valence-corrected chi connectivity index (χ0v) is 19.6. The fraction of sp³-hybridized carbons (Fsp3) is 0.0667. The highest BCUT2D eigenvalue weighted by atomic mass is 19.4. The maximum Gasteiger partial charge on any atom is 0.418 e. The van der Waals surface area contributed by atoms with E-state index in [1.165, 1.54) is 18.3 Å². The van der Waals surface area contributed by atoms with Gasteiger partial charge < -0.3 is 4.74 Å². The maximum absolute atomic E-state index is 13.8. The van der Waals surface area contributed by atoms with Crippen LogP contribution in [0.15, 0.2) is 91.1 Å². The first-order valence-corrected chi connectivity index (χ1v) is 11.5. The first-order chi connectivity index (χ1) is 18.3. The van der Waals surface area contributed by atoms with Gasteiger partial charge in [0.1, 0.15) is 12.4 Å². The monoisotopic (exact) mass is 519 g/mol. The molecule has 1 aromatic heterocycles. The Bertz CT molecular complexity index is 1660. The van der Waals surface area contributed by atoms with Crippen LogP contribution in [0, 0.1) is 11.6 Å². The summed E-state index contributed by atoms with van der Waals surface area (Å²) in [6, 6.07) is 20.7. The Kier molecular flexibility index (Phi) is 6.63. The third kappa shape index (κ3) is 4.85. The summed E-state index contributed by atoms with van der Waals surface area (Å²) >= 11 is 0. The third-order valence-electron chi connectivity index (χ3n) is 6.09. The molecule has 0 saturated carbocycles.